The molecule has 3 aromatic rings. The Balaban J connectivity index is 1.92. The van der Waals surface area contributed by atoms with E-state index < -0.39 is 4.92 Å². The second-order valence-electron chi connectivity index (χ2n) is 6.73. The lowest BCUT2D eigenvalue weighted by molar-refractivity contribution is -0.384. The number of anilines is 1. The van der Waals surface area contributed by atoms with E-state index in [0.717, 1.165) is 5.56 Å². The smallest absolute Gasteiger partial charge is 0.276 e. The second kappa shape index (κ2) is 7.71. The van der Waals surface area contributed by atoms with Gasteiger partial charge in [0.15, 0.2) is 0 Å². The minimum atomic E-state index is -0.494. The summed E-state index contributed by atoms with van der Waals surface area (Å²) in [6.45, 7) is 0. The fourth-order valence-electron chi connectivity index (χ4n) is 3.28. The van der Waals surface area contributed by atoms with Crippen molar-refractivity contribution in [3.8, 4) is 0 Å². The Bertz CT molecular complexity index is 1220. The van der Waals surface area contributed by atoms with Gasteiger partial charge in [-0.3, -0.25) is 14.9 Å². The molecule has 0 N–H and O–H groups in total. The van der Waals surface area contributed by atoms with Gasteiger partial charge in [0.1, 0.15) is 11.5 Å². The molecule has 0 bridgehead atoms. The fraction of sp³-hybridized carbons (Fsp3) is 0.0435. The summed E-state index contributed by atoms with van der Waals surface area (Å²) in [7, 11) is 1.64. The summed E-state index contributed by atoms with van der Waals surface area (Å²) in [6, 6.07) is 19.2. The molecule has 0 aromatic heterocycles. The number of rotatable bonds is 3. The number of non-ortho nitro benzene ring substituents is 1. The largest absolute Gasteiger partial charge is 0.309 e. The van der Waals surface area contributed by atoms with Gasteiger partial charge in [-0.15, -0.1) is 0 Å². The number of hydrogen-bond donors (Lipinski definition) is 0. The summed E-state index contributed by atoms with van der Waals surface area (Å²) in [5.74, 6) is -0.729. The third-order valence-electron chi connectivity index (χ3n) is 4.78. The maximum absolute atomic E-state index is 13.5. The predicted molar refractivity (Wildman–Crippen MR) is 113 cm³/mol. The van der Waals surface area contributed by atoms with Gasteiger partial charge in [0.25, 0.3) is 11.6 Å². The molecule has 148 valence electrons. The van der Waals surface area contributed by atoms with Gasteiger partial charge in [0.2, 0.25) is 0 Å². The molecule has 0 saturated heterocycles. The van der Waals surface area contributed by atoms with Crippen LogP contribution in [0.5, 0.6) is 0 Å². The zero-order valence-electron chi connectivity index (χ0n) is 15.9. The third-order valence-corrected chi connectivity index (χ3v) is 4.78. The SMILES string of the molecule is CN1C(=O)/C(=C/c2cccc([N+](=O)[O-])c2)N=C(c2ccc(F)cc2)c2ccccc21. The number of aliphatic imine (C=N–C) groups is 1. The fourth-order valence-corrected chi connectivity index (χ4v) is 3.28. The average Bonchev–Trinajstić information content (AvgIpc) is 2.85. The van der Waals surface area contributed by atoms with Gasteiger partial charge in [-0.1, -0.05) is 30.3 Å². The van der Waals surface area contributed by atoms with Crippen LogP contribution in [0.25, 0.3) is 6.08 Å². The lowest BCUT2D eigenvalue weighted by Crippen LogP contribution is -2.26. The van der Waals surface area contributed by atoms with Crippen LogP contribution in [0, 0.1) is 15.9 Å². The number of nitro groups is 1. The van der Waals surface area contributed by atoms with Crippen molar-refractivity contribution in [3.05, 3.63) is 111 Å². The highest BCUT2D eigenvalue weighted by molar-refractivity contribution is 6.23. The molecule has 30 heavy (non-hydrogen) atoms. The number of amides is 1. The van der Waals surface area contributed by atoms with E-state index in [4.69, 9.17) is 0 Å². The molecule has 1 aliphatic rings. The van der Waals surface area contributed by atoms with Crippen molar-refractivity contribution in [3.63, 3.8) is 0 Å². The lowest BCUT2D eigenvalue weighted by atomic mass is 10.0. The molecule has 0 fully saturated rings. The molecule has 1 amide bonds. The van der Waals surface area contributed by atoms with Gasteiger partial charge in [0, 0.05) is 30.3 Å². The number of carbonyl (C=O) groups is 1. The number of para-hydroxylation sites is 1. The van der Waals surface area contributed by atoms with Crippen LogP contribution in [0.4, 0.5) is 15.8 Å². The molecular weight excluding hydrogens is 385 g/mol. The van der Waals surface area contributed by atoms with Crippen LogP contribution >= 0.6 is 0 Å². The van der Waals surface area contributed by atoms with E-state index in [1.165, 1.54) is 35.2 Å². The van der Waals surface area contributed by atoms with Gasteiger partial charge in [0.05, 0.1) is 16.3 Å². The standard InChI is InChI=1S/C23H16FN3O3/c1-26-21-8-3-2-7-19(21)22(16-9-11-17(24)12-10-16)25-20(23(26)28)14-15-5-4-6-18(13-15)27(29)30/h2-14H,1H3/b20-14-. The summed E-state index contributed by atoms with van der Waals surface area (Å²) in [5, 5.41) is 11.1. The maximum atomic E-state index is 13.5. The van der Waals surface area contributed by atoms with E-state index in [1.807, 2.05) is 24.3 Å². The van der Waals surface area contributed by atoms with E-state index in [0.29, 0.717) is 22.5 Å². The molecule has 6 nitrogen and oxygen atoms in total. The van der Waals surface area contributed by atoms with Crippen LogP contribution in [0.1, 0.15) is 16.7 Å². The molecule has 1 aliphatic heterocycles. The first-order valence-electron chi connectivity index (χ1n) is 9.12. The summed E-state index contributed by atoms with van der Waals surface area (Å²) < 4.78 is 13.5. The molecule has 0 aliphatic carbocycles. The van der Waals surface area contributed by atoms with Crippen LogP contribution in [-0.2, 0) is 4.79 Å². The summed E-state index contributed by atoms with van der Waals surface area (Å²) >= 11 is 0. The molecule has 4 rings (SSSR count). The predicted octanol–water partition coefficient (Wildman–Crippen LogP) is 4.59. The van der Waals surface area contributed by atoms with Crippen molar-refractivity contribution in [1.82, 2.24) is 0 Å². The Labute approximate surface area is 171 Å². The van der Waals surface area contributed by atoms with E-state index in [-0.39, 0.29) is 23.1 Å². The summed E-state index contributed by atoms with van der Waals surface area (Å²) in [6.07, 6.45) is 1.52. The molecule has 0 atom stereocenters. The number of nitrogens with zero attached hydrogens (tertiary/aromatic N) is 3. The van der Waals surface area contributed by atoms with Crippen molar-refractivity contribution in [2.24, 2.45) is 4.99 Å². The molecule has 3 aromatic carbocycles. The van der Waals surface area contributed by atoms with E-state index in [1.54, 1.807) is 31.3 Å². The van der Waals surface area contributed by atoms with Crippen molar-refractivity contribution in [2.75, 3.05) is 11.9 Å². The van der Waals surface area contributed by atoms with Gasteiger partial charge in [-0.05, 0) is 42.0 Å². The number of hydrogen-bond acceptors (Lipinski definition) is 4. The molecule has 1 heterocycles. The van der Waals surface area contributed by atoms with Gasteiger partial charge in [-0.25, -0.2) is 9.38 Å². The Morgan fingerprint density at radius 3 is 2.50 bits per heavy atom. The van der Waals surface area contributed by atoms with Crippen molar-refractivity contribution < 1.29 is 14.1 Å². The lowest BCUT2D eigenvalue weighted by Gasteiger charge is -2.17. The zero-order valence-corrected chi connectivity index (χ0v) is 15.9. The van der Waals surface area contributed by atoms with E-state index in [2.05, 4.69) is 4.99 Å². The number of nitro benzene ring substituents is 1. The second-order valence-corrected chi connectivity index (χ2v) is 6.73. The number of halogens is 1. The van der Waals surface area contributed by atoms with Crippen LogP contribution in [0.3, 0.4) is 0 Å². The van der Waals surface area contributed by atoms with Crippen LogP contribution in [0.2, 0.25) is 0 Å². The first-order chi connectivity index (χ1) is 14.4. The highest BCUT2D eigenvalue weighted by atomic mass is 19.1. The Morgan fingerprint density at radius 2 is 1.77 bits per heavy atom. The minimum absolute atomic E-state index is 0.0789. The van der Waals surface area contributed by atoms with E-state index >= 15 is 0 Å². The van der Waals surface area contributed by atoms with Crippen molar-refractivity contribution in [2.45, 2.75) is 0 Å². The Kier molecular flexibility index (Phi) is 4.93. The maximum Gasteiger partial charge on any atom is 0.276 e. The molecule has 7 heteroatoms. The Hall–Kier alpha value is -4.13. The first kappa shape index (κ1) is 19.2. The number of carbonyl (C=O) groups excluding carboxylic acids is 1. The normalized spacial score (nSPS) is 14.9. The molecule has 0 unspecified atom stereocenters. The van der Waals surface area contributed by atoms with Gasteiger partial charge in [-0.2, -0.15) is 0 Å². The minimum Gasteiger partial charge on any atom is -0.309 e. The van der Waals surface area contributed by atoms with Crippen LogP contribution in [-0.4, -0.2) is 23.6 Å². The topological polar surface area (TPSA) is 75.8 Å². The average molecular weight is 401 g/mol. The molecule has 0 radical (unpaired) electrons. The zero-order chi connectivity index (χ0) is 21.3. The van der Waals surface area contributed by atoms with Crippen molar-refractivity contribution >= 4 is 29.1 Å². The highest BCUT2D eigenvalue weighted by Crippen LogP contribution is 2.29. The molecular formula is C23H16FN3O3. The monoisotopic (exact) mass is 401 g/mol. The number of likely N-dealkylation sites (N-methyl/N-ethyl adjacent to an activating group) is 1. The summed E-state index contributed by atoms with van der Waals surface area (Å²) in [5.41, 5.74) is 3.07. The third kappa shape index (κ3) is 3.60. The Morgan fingerprint density at radius 1 is 1.03 bits per heavy atom. The van der Waals surface area contributed by atoms with Gasteiger partial charge >= 0.3 is 0 Å². The summed E-state index contributed by atoms with van der Waals surface area (Å²) in [4.78, 5) is 29.8. The number of benzene rings is 3. The van der Waals surface area contributed by atoms with Crippen LogP contribution < -0.4 is 4.90 Å². The highest BCUT2D eigenvalue weighted by Gasteiger charge is 2.26. The first-order valence-corrected chi connectivity index (χ1v) is 9.12. The number of benzodiazepines with no additional fused rings is 1. The molecule has 0 saturated carbocycles. The van der Waals surface area contributed by atoms with E-state index in [9.17, 15) is 19.3 Å². The molecule has 0 spiro atoms. The number of fused-ring (bicyclic) bond motifs is 1. The van der Waals surface area contributed by atoms with Crippen molar-refractivity contribution in [1.29, 1.82) is 0 Å². The van der Waals surface area contributed by atoms with Crippen LogP contribution in [0.15, 0.2) is 83.5 Å². The van der Waals surface area contributed by atoms with Gasteiger partial charge < -0.3 is 4.90 Å². The quantitative estimate of drug-likeness (QED) is 0.366.